The average molecular weight is 383 g/mol. The van der Waals surface area contributed by atoms with E-state index in [2.05, 4.69) is 9.88 Å². The molecular formula is C20H25N5O3. The largest absolute Gasteiger partial charge is 0.339 e. The van der Waals surface area contributed by atoms with E-state index in [1.54, 1.807) is 34.7 Å². The van der Waals surface area contributed by atoms with Gasteiger partial charge in [0.05, 0.1) is 17.4 Å². The molecule has 28 heavy (non-hydrogen) atoms. The van der Waals surface area contributed by atoms with Crippen LogP contribution in [-0.2, 0) is 17.8 Å². The molecule has 0 N–H and O–H groups in total. The highest BCUT2D eigenvalue weighted by molar-refractivity contribution is 5.99. The standard InChI is InChI=1S/C20H25N5O3/c1-22-8-10-24(11-9-22)18(26)13-23(2)19(27)14-5-6-15-16(12-14)21-17-4-3-7-25(17)20(15)28/h5-6,12H,3-4,7-11,13H2,1-2H3. The lowest BCUT2D eigenvalue weighted by Gasteiger charge is -2.33. The topological polar surface area (TPSA) is 78.8 Å². The first-order chi connectivity index (χ1) is 13.4. The molecule has 0 bridgehead atoms. The third-order valence-electron chi connectivity index (χ3n) is 5.64. The number of rotatable bonds is 3. The lowest BCUT2D eigenvalue weighted by molar-refractivity contribution is -0.133. The van der Waals surface area contributed by atoms with Crippen molar-refractivity contribution in [3.8, 4) is 0 Å². The fourth-order valence-corrected chi connectivity index (χ4v) is 3.87. The van der Waals surface area contributed by atoms with Gasteiger partial charge in [-0.15, -0.1) is 0 Å². The van der Waals surface area contributed by atoms with Crippen LogP contribution in [0.5, 0.6) is 0 Å². The normalized spacial score (nSPS) is 17.0. The summed E-state index contributed by atoms with van der Waals surface area (Å²) in [4.78, 5) is 47.8. The molecule has 0 spiro atoms. The molecule has 1 saturated heterocycles. The highest BCUT2D eigenvalue weighted by Crippen LogP contribution is 2.17. The lowest BCUT2D eigenvalue weighted by Crippen LogP contribution is -2.50. The number of carbonyl (C=O) groups is 2. The van der Waals surface area contributed by atoms with Gasteiger partial charge in [-0.3, -0.25) is 19.0 Å². The van der Waals surface area contributed by atoms with Crippen molar-refractivity contribution < 1.29 is 9.59 Å². The van der Waals surface area contributed by atoms with Crippen LogP contribution in [0.4, 0.5) is 0 Å². The molecule has 2 aliphatic rings. The van der Waals surface area contributed by atoms with E-state index >= 15 is 0 Å². The molecule has 8 nitrogen and oxygen atoms in total. The Morgan fingerprint density at radius 2 is 1.89 bits per heavy atom. The fourth-order valence-electron chi connectivity index (χ4n) is 3.87. The van der Waals surface area contributed by atoms with E-state index in [0.717, 1.165) is 31.8 Å². The number of likely N-dealkylation sites (N-methyl/N-ethyl adjacent to an activating group) is 2. The van der Waals surface area contributed by atoms with E-state index in [9.17, 15) is 14.4 Å². The summed E-state index contributed by atoms with van der Waals surface area (Å²) < 4.78 is 1.71. The summed E-state index contributed by atoms with van der Waals surface area (Å²) in [6, 6.07) is 4.97. The Kier molecular flexibility index (Phi) is 4.89. The highest BCUT2D eigenvalue weighted by Gasteiger charge is 2.23. The van der Waals surface area contributed by atoms with Gasteiger partial charge in [0.1, 0.15) is 5.82 Å². The van der Waals surface area contributed by atoms with Crippen molar-refractivity contribution >= 4 is 22.7 Å². The second-order valence-electron chi connectivity index (χ2n) is 7.67. The van der Waals surface area contributed by atoms with Crippen LogP contribution < -0.4 is 5.56 Å². The van der Waals surface area contributed by atoms with E-state index in [-0.39, 0.29) is 23.9 Å². The molecule has 4 rings (SSSR count). The van der Waals surface area contributed by atoms with E-state index in [0.29, 0.717) is 36.1 Å². The minimum Gasteiger partial charge on any atom is -0.339 e. The number of aryl methyl sites for hydroxylation is 1. The summed E-state index contributed by atoms with van der Waals surface area (Å²) >= 11 is 0. The smallest absolute Gasteiger partial charge is 0.261 e. The number of hydrogen-bond acceptors (Lipinski definition) is 5. The van der Waals surface area contributed by atoms with Crippen LogP contribution >= 0.6 is 0 Å². The Morgan fingerprint density at radius 3 is 2.64 bits per heavy atom. The SMILES string of the molecule is CN1CCN(C(=O)CN(C)C(=O)c2ccc3c(=O)n4c(nc3c2)CCC4)CC1. The van der Waals surface area contributed by atoms with Gasteiger partial charge >= 0.3 is 0 Å². The molecule has 3 heterocycles. The number of hydrogen-bond donors (Lipinski definition) is 0. The van der Waals surface area contributed by atoms with Gasteiger partial charge in [-0.2, -0.15) is 0 Å². The average Bonchev–Trinajstić information content (AvgIpc) is 3.16. The first-order valence-electron chi connectivity index (χ1n) is 9.69. The number of aromatic nitrogens is 2. The zero-order chi connectivity index (χ0) is 19.8. The molecule has 0 saturated carbocycles. The molecule has 0 radical (unpaired) electrons. The first kappa shape index (κ1) is 18.6. The lowest BCUT2D eigenvalue weighted by atomic mass is 10.1. The number of nitrogens with zero attached hydrogens (tertiary/aromatic N) is 5. The maximum Gasteiger partial charge on any atom is 0.261 e. The van der Waals surface area contributed by atoms with E-state index in [1.807, 2.05) is 7.05 Å². The van der Waals surface area contributed by atoms with Crippen molar-refractivity contribution in [1.82, 2.24) is 24.3 Å². The van der Waals surface area contributed by atoms with Crippen LogP contribution in [-0.4, -0.2) is 82.9 Å². The van der Waals surface area contributed by atoms with Gasteiger partial charge in [-0.25, -0.2) is 4.98 Å². The molecule has 0 unspecified atom stereocenters. The molecule has 1 aromatic carbocycles. The zero-order valence-electron chi connectivity index (χ0n) is 16.3. The quantitative estimate of drug-likeness (QED) is 0.756. The van der Waals surface area contributed by atoms with Crippen molar-refractivity contribution in [3.63, 3.8) is 0 Å². The molecule has 1 fully saturated rings. The minimum atomic E-state index is -0.244. The van der Waals surface area contributed by atoms with Crippen LogP contribution in [0.25, 0.3) is 10.9 Å². The van der Waals surface area contributed by atoms with E-state index < -0.39 is 0 Å². The van der Waals surface area contributed by atoms with Crippen LogP contribution in [0.15, 0.2) is 23.0 Å². The molecule has 2 aliphatic heterocycles. The van der Waals surface area contributed by atoms with Crippen molar-refractivity contribution in [2.75, 3.05) is 46.8 Å². The van der Waals surface area contributed by atoms with Crippen molar-refractivity contribution in [2.45, 2.75) is 19.4 Å². The number of fused-ring (bicyclic) bond motifs is 2. The summed E-state index contributed by atoms with van der Waals surface area (Å²) in [5.41, 5.74) is 0.939. The van der Waals surface area contributed by atoms with E-state index in [4.69, 9.17) is 0 Å². The monoisotopic (exact) mass is 383 g/mol. The van der Waals surface area contributed by atoms with Crippen LogP contribution in [0, 0.1) is 0 Å². The van der Waals surface area contributed by atoms with Crippen molar-refractivity contribution in [2.24, 2.45) is 0 Å². The third-order valence-corrected chi connectivity index (χ3v) is 5.64. The van der Waals surface area contributed by atoms with Crippen LogP contribution in [0.2, 0.25) is 0 Å². The number of piperazine rings is 1. The molecule has 1 aromatic heterocycles. The Labute approximate surface area is 163 Å². The first-order valence-corrected chi connectivity index (χ1v) is 9.69. The molecule has 2 aromatic rings. The molecular weight excluding hydrogens is 358 g/mol. The zero-order valence-corrected chi connectivity index (χ0v) is 16.3. The second-order valence-corrected chi connectivity index (χ2v) is 7.67. The van der Waals surface area contributed by atoms with Gasteiger partial charge in [0, 0.05) is 51.8 Å². The fraction of sp³-hybridized carbons (Fsp3) is 0.500. The number of benzene rings is 1. The molecule has 2 amide bonds. The summed E-state index contributed by atoms with van der Waals surface area (Å²) in [6.45, 7) is 3.81. The Morgan fingerprint density at radius 1 is 1.14 bits per heavy atom. The van der Waals surface area contributed by atoms with Gasteiger partial charge in [0.15, 0.2) is 0 Å². The van der Waals surface area contributed by atoms with Gasteiger partial charge in [0.2, 0.25) is 5.91 Å². The predicted molar refractivity (Wildman–Crippen MR) is 105 cm³/mol. The maximum atomic E-state index is 12.8. The summed E-state index contributed by atoms with van der Waals surface area (Å²) in [6.07, 6.45) is 1.70. The van der Waals surface area contributed by atoms with Crippen LogP contribution in [0.1, 0.15) is 22.6 Å². The van der Waals surface area contributed by atoms with Gasteiger partial charge in [0.25, 0.3) is 11.5 Å². The maximum absolute atomic E-state index is 12.8. The second kappa shape index (κ2) is 7.35. The number of carbonyl (C=O) groups excluding carboxylic acids is 2. The molecule has 148 valence electrons. The Balaban J connectivity index is 1.51. The summed E-state index contributed by atoms with van der Waals surface area (Å²) in [5.74, 6) is 0.492. The summed E-state index contributed by atoms with van der Waals surface area (Å²) in [7, 11) is 3.66. The van der Waals surface area contributed by atoms with Gasteiger partial charge in [-0.1, -0.05) is 0 Å². The number of amides is 2. The molecule has 8 heteroatoms. The van der Waals surface area contributed by atoms with Gasteiger partial charge in [-0.05, 0) is 31.7 Å². The van der Waals surface area contributed by atoms with Crippen molar-refractivity contribution in [1.29, 1.82) is 0 Å². The van der Waals surface area contributed by atoms with Crippen LogP contribution in [0.3, 0.4) is 0 Å². The van der Waals surface area contributed by atoms with E-state index in [1.165, 1.54) is 4.90 Å². The van der Waals surface area contributed by atoms with Gasteiger partial charge < -0.3 is 14.7 Å². The third kappa shape index (κ3) is 3.40. The van der Waals surface area contributed by atoms with Crippen molar-refractivity contribution in [3.05, 3.63) is 39.9 Å². The highest BCUT2D eigenvalue weighted by atomic mass is 16.2. The Bertz CT molecular complexity index is 991. The molecule has 0 atom stereocenters. The minimum absolute atomic E-state index is 0.0425. The Hall–Kier alpha value is -2.74. The predicted octanol–water partition coefficient (Wildman–Crippen LogP) is 0.189. The molecule has 0 aliphatic carbocycles. The summed E-state index contributed by atoms with van der Waals surface area (Å²) in [5, 5.41) is 0.526.